The third-order valence-electron chi connectivity index (χ3n) is 7.15. The summed E-state index contributed by atoms with van der Waals surface area (Å²) in [6, 6.07) is 0. The van der Waals surface area contributed by atoms with E-state index in [9.17, 15) is 9.59 Å². The molecule has 3 heterocycles. The van der Waals surface area contributed by atoms with Gasteiger partial charge in [0.25, 0.3) is 0 Å². The van der Waals surface area contributed by atoms with Gasteiger partial charge in [-0.05, 0) is 70.0 Å². The van der Waals surface area contributed by atoms with Gasteiger partial charge in [-0.1, -0.05) is 0 Å². The monoisotopic (exact) mass is 454 g/mol. The summed E-state index contributed by atoms with van der Waals surface area (Å²) in [6.07, 6.45) is 7.29. The van der Waals surface area contributed by atoms with E-state index >= 15 is 0 Å². The molecule has 4 rings (SSSR count). The van der Waals surface area contributed by atoms with Gasteiger partial charge in [0, 0.05) is 24.3 Å². The van der Waals surface area contributed by atoms with E-state index in [0.717, 1.165) is 43.5 Å². The lowest BCUT2D eigenvalue weighted by Crippen LogP contribution is -2.50. The van der Waals surface area contributed by atoms with E-state index in [-0.39, 0.29) is 29.4 Å². The second-order valence-electron chi connectivity index (χ2n) is 9.31. The van der Waals surface area contributed by atoms with Gasteiger partial charge >= 0.3 is 5.97 Å². The minimum absolute atomic E-state index is 0.0730. The molecule has 2 fully saturated rings. The number of nitrogens with zero attached hydrogens (tertiary/aromatic N) is 7. The summed E-state index contributed by atoms with van der Waals surface area (Å²) >= 11 is 0. The number of amides is 1. The van der Waals surface area contributed by atoms with Crippen LogP contribution in [-0.2, 0) is 14.3 Å². The minimum atomic E-state index is -0.331. The number of hydrogen-bond donors (Lipinski definition) is 1. The van der Waals surface area contributed by atoms with Crippen molar-refractivity contribution < 1.29 is 14.3 Å². The van der Waals surface area contributed by atoms with Crippen LogP contribution in [0.4, 0.5) is 0 Å². The van der Waals surface area contributed by atoms with Crippen LogP contribution in [0.3, 0.4) is 0 Å². The van der Waals surface area contributed by atoms with Gasteiger partial charge in [0.2, 0.25) is 5.91 Å². The Labute approximate surface area is 192 Å². The molecule has 0 aromatic carbocycles. The van der Waals surface area contributed by atoms with Crippen molar-refractivity contribution in [1.82, 2.24) is 30.4 Å². The molecule has 1 N–H and O–H groups in total. The molecule has 11 heteroatoms. The fraction of sp³-hybridized carbons (Fsp3) is 0.591. The number of carbonyl (C=O) groups is 2. The molecule has 0 bridgehead atoms. The number of aromatic nitrogens is 4. The molecule has 1 aliphatic carbocycles. The molecule has 1 aromatic rings. The Kier molecular flexibility index (Phi) is 6.24. The summed E-state index contributed by atoms with van der Waals surface area (Å²) in [5.41, 5.74) is 1.78. The van der Waals surface area contributed by atoms with Crippen LogP contribution in [0.15, 0.2) is 33.8 Å². The van der Waals surface area contributed by atoms with Crippen molar-refractivity contribution in [2.75, 3.05) is 19.7 Å². The molecule has 0 radical (unpaired) electrons. The molecule has 1 saturated carbocycles. The highest BCUT2D eigenvalue weighted by atomic mass is 16.5. The summed E-state index contributed by atoms with van der Waals surface area (Å²) < 4.78 is 6.51. The first-order valence-electron chi connectivity index (χ1n) is 11.1. The number of rotatable bonds is 7. The first-order valence-corrected chi connectivity index (χ1v) is 11.1. The van der Waals surface area contributed by atoms with Crippen molar-refractivity contribution in [3.05, 3.63) is 23.8 Å². The van der Waals surface area contributed by atoms with Gasteiger partial charge in [-0.15, -0.1) is 5.10 Å². The Balaban J connectivity index is 1.34. The van der Waals surface area contributed by atoms with Crippen LogP contribution in [0.25, 0.3) is 5.82 Å². The van der Waals surface area contributed by atoms with Crippen LogP contribution in [-0.4, -0.2) is 74.6 Å². The van der Waals surface area contributed by atoms with Crippen molar-refractivity contribution in [2.45, 2.75) is 58.4 Å². The molecule has 1 amide bonds. The Morgan fingerprint density at radius 2 is 2.06 bits per heavy atom. The van der Waals surface area contributed by atoms with Gasteiger partial charge in [-0.3, -0.25) is 9.79 Å². The quantitative estimate of drug-likeness (QED) is 0.489. The first-order chi connectivity index (χ1) is 15.8. The van der Waals surface area contributed by atoms with Crippen LogP contribution in [0.5, 0.6) is 0 Å². The maximum atomic E-state index is 13.3. The molecule has 1 aromatic heterocycles. The maximum Gasteiger partial charge on any atom is 0.336 e. The number of aliphatic imine (C=N–C) groups is 2. The molecule has 1 spiro atoms. The molecule has 0 unspecified atom stereocenters. The van der Waals surface area contributed by atoms with E-state index in [0.29, 0.717) is 24.5 Å². The molecule has 3 aliphatic rings. The van der Waals surface area contributed by atoms with Crippen LogP contribution in [0.2, 0.25) is 0 Å². The molecular formula is C22H30N8O3. The SMILES string of the molecule is C=N/C(=C\N=C(C)CNC1(C)CCC2(CCN(C3=C(C)C(=O)OC3)C2=O)CC1)n1cnnn1. The van der Waals surface area contributed by atoms with E-state index in [1.54, 1.807) is 18.0 Å². The fourth-order valence-electron chi connectivity index (χ4n) is 4.74. The van der Waals surface area contributed by atoms with E-state index in [1.165, 1.54) is 11.0 Å². The van der Waals surface area contributed by atoms with E-state index in [2.05, 4.69) is 44.5 Å². The zero-order valence-electron chi connectivity index (χ0n) is 19.4. The third kappa shape index (κ3) is 4.50. The lowest BCUT2D eigenvalue weighted by Gasteiger charge is -2.42. The van der Waals surface area contributed by atoms with Gasteiger partial charge in [0.15, 0.2) is 5.82 Å². The lowest BCUT2D eigenvalue weighted by molar-refractivity contribution is -0.138. The summed E-state index contributed by atoms with van der Waals surface area (Å²) in [6.45, 7) is 10.9. The Hall–Kier alpha value is -3.21. The molecule has 33 heavy (non-hydrogen) atoms. The predicted octanol–water partition coefficient (Wildman–Crippen LogP) is 1.56. The Bertz CT molecular complexity index is 1030. The summed E-state index contributed by atoms with van der Waals surface area (Å²) in [5.74, 6) is 0.265. The second kappa shape index (κ2) is 8.97. The van der Waals surface area contributed by atoms with Gasteiger partial charge in [0.1, 0.15) is 12.9 Å². The number of likely N-dealkylation sites (tertiary alicyclic amines) is 1. The fourth-order valence-corrected chi connectivity index (χ4v) is 4.74. The largest absolute Gasteiger partial charge is 0.456 e. The van der Waals surface area contributed by atoms with E-state index < -0.39 is 0 Å². The topological polar surface area (TPSA) is 127 Å². The second-order valence-corrected chi connectivity index (χ2v) is 9.31. The Morgan fingerprint density at radius 3 is 2.67 bits per heavy atom. The average molecular weight is 455 g/mol. The number of ether oxygens (including phenoxy) is 1. The van der Waals surface area contributed by atoms with Gasteiger partial charge in [-0.25, -0.2) is 9.79 Å². The third-order valence-corrected chi connectivity index (χ3v) is 7.15. The highest BCUT2D eigenvalue weighted by Crippen LogP contribution is 2.48. The molecule has 176 valence electrons. The van der Waals surface area contributed by atoms with Crippen LogP contribution < -0.4 is 5.32 Å². The molecule has 1 saturated heterocycles. The first kappa shape index (κ1) is 23.0. The normalized spacial score (nSPS) is 28.8. The van der Waals surface area contributed by atoms with Gasteiger partial charge < -0.3 is 15.0 Å². The lowest BCUT2D eigenvalue weighted by atomic mass is 9.67. The van der Waals surface area contributed by atoms with Crippen molar-refractivity contribution in [3.63, 3.8) is 0 Å². The smallest absolute Gasteiger partial charge is 0.336 e. The number of cyclic esters (lactones) is 1. The van der Waals surface area contributed by atoms with Crippen LogP contribution in [0.1, 0.15) is 52.9 Å². The number of esters is 1. The maximum absolute atomic E-state index is 13.3. The summed E-state index contributed by atoms with van der Waals surface area (Å²) in [5, 5.41) is 14.6. The highest BCUT2D eigenvalue weighted by molar-refractivity contribution is 5.94. The number of carbonyl (C=O) groups excluding carboxylic acids is 2. The van der Waals surface area contributed by atoms with Crippen LogP contribution >= 0.6 is 0 Å². The van der Waals surface area contributed by atoms with Crippen molar-refractivity contribution in [2.24, 2.45) is 15.4 Å². The molecule has 0 atom stereocenters. The van der Waals surface area contributed by atoms with E-state index in [4.69, 9.17) is 4.74 Å². The van der Waals surface area contributed by atoms with Crippen molar-refractivity contribution in [1.29, 1.82) is 0 Å². The Morgan fingerprint density at radius 1 is 1.30 bits per heavy atom. The predicted molar refractivity (Wildman–Crippen MR) is 122 cm³/mol. The molecule has 11 nitrogen and oxygen atoms in total. The van der Waals surface area contributed by atoms with Gasteiger partial charge in [0.05, 0.1) is 22.9 Å². The average Bonchev–Trinajstić information content (AvgIpc) is 3.53. The van der Waals surface area contributed by atoms with Crippen molar-refractivity contribution >= 4 is 30.1 Å². The zero-order valence-corrected chi connectivity index (χ0v) is 19.4. The summed E-state index contributed by atoms with van der Waals surface area (Å²) in [4.78, 5) is 35.2. The number of hydrogen-bond acceptors (Lipinski definition) is 9. The van der Waals surface area contributed by atoms with Crippen LogP contribution in [0, 0.1) is 5.41 Å². The zero-order chi connectivity index (χ0) is 23.6. The number of nitrogens with one attached hydrogen (secondary N) is 1. The highest BCUT2D eigenvalue weighted by Gasteiger charge is 2.51. The molecular weight excluding hydrogens is 424 g/mol. The minimum Gasteiger partial charge on any atom is -0.456 e. The molecule has 2 aliphatic heterocycles. The number of tetrazole rings is 1. The standard InChI is InChI=1S/C22H30N8O3/c1-15(24-12-18(23-4)30-14-26-27-28-30)11-25-21(3)5-7-22(8-6-21)9-10-29(20(22)32)17-13-33-19(31)16(17)2/h12,14,25H,4-11,13H2,1-3H3/b18-12+,24-15?. The van der Waals surface area contributed by atoms with Gasteiger partial charge in [-0.2, -0.15) is 4.68 Å². The summed E-state index contributed by atoms with van der Waals surface area (Å²) in [7, 11) is 0. The van der Waals surface area contributed by atoms with E-state index in [1.807, 2.05) is 6.92 Å². The van der Waals surface area contributed by atoms with Crippen molar-refractivity contribution in [3.8, 4) is 0 Å².